The van der Waals surface area contributed by atoms with Crippen LogP contribution in [0.5, 0.6) is 0 Å². The summed E-state index contributed by atoms with van der Waals surface area (Å²) in [4.78, 5) is 19.7. The Kier molecular flexibility index (Phi) is 4.34. The van der Waals surface area contributed by atoms with Crippen molar-refractivity contribution < 1.29 is 0 Å². The van der Waals surface area contributed by atoms with Gasteiger partial charge < -0.3 is 5.32 Å². The van der Waals surface area contributed by atoms with Crippen LogP contribution in [-0.4, -0.2) is 29.9 Å². The third-order valence-corrected chi connectivity index (χ3v) is 5.31. The maximum absolute atomic E-state index is 12.4. The minimum absolute atomic E-state index is 0.248. The minimum atomic E-state index is -0.248. The average molecular weight is 401 g/mol. The molecule has 3 aromatic heterocycles. The number of rotatable bonds is 5. The zero-order chi connectivity index (χ0) is 19.6. The number of aromatic nitrogens is 6. The molecule has 142 valence electrons. The normalized spacial score (nSPS) is 11.0. The van der Waals surface area contributed by atoms with Gasteiger partial charge >= 0.3 is 0 Å². The molecular weight excluding hydrogens is 386 g/mol. The van der Waals surface area contributed by atoms with Gasteiger partial charge in [0.05, 0.1) is 18.4 Å². The Balaban J connectivity index is 1.41. The second-order valence-electron chi connectivity index (χ2n) is 6.26. The van der Waals surface area contributed by atoms with Crippen molar-refractivity contribution in [1.29, 1.82) is 0 Å². The Morgan fingerprint density at radius 2 is 1.76 bits per heavy atom. The summed E-state index contributed by atoms with van der Waals surface area (Å²) in [6.07, 6.45) is 1.52. The van der Waals surface area contributed by atoms with E-state index >= 15 is 0 Å². The molecule has 2 N–H and O–H groups in total. The van der Waals surface area contributed by atoms with Gasteiger partial charge in [-0.1, -0.05) is 59.9 Å². The molecule has 0 fully saturated rings. The van der Waals surface area contributed by atoms with E-state index in [0.29, 0.717) is 23.5 Å². The molecule has 9 heteroatoms. The summed E-state index contributed by atoms with van der Waals surface area (Å²) in [6, 6.07) is 19.5. The van der Waals surface area contributed by atoms with Crippen LogP contribution in [0.2, 0.25) is 0 Å². The second kappa shape index (κ2) is 7.28. The predicted molar refractivity (Wildman–Crippen MR) is 112 cm³/mol. The number of aromatic amines is 1. The van der Waals surface area contributed by atoms with Crippen molar-refractivity contribution in [2.45, 2.75) is 6.54 Å². The van der Waals surface area contributed by atoms with E-state index in [1.807, 2.05) is 60.7 Å². The van der Waals surface area contributed by atoms with Crippen LogP contribution in [-0.2, 0) is 6.54 Å². The fourth-order valence-corrected chi connectivity index (χ4v) is 3.73. The summed E-state index contributed by atoms with van der Waals surface area (Å²) in [6.45, 7) is 0.401. The Morgan fingerprint density at radius 3 is 2.55 bits per heavy atom. The minimum Gasteiger partial charge on any atom is -0.349 e. The van der Waals surface area contributed by atoms with Crippen LogP contribution in [0.1, 0.15) is 5.01 Å². The summed E-state index contributed by atoms with van der Waals surface area (Å²) in [5, 5.41) is 18.0. The molecule has 0 unspecified atom stereocenters. The van der Waals surface area contributed by atoms with Crippen molar-refractivity contribution >= 4 is 28.3 Å². The topological polar surface area (TPSA) is 101 Å². The SMILES string of the molecule is O=c1[nH]c(NCc2nnc(-c3ccccc3)s2)nc2c1cnn2-c1ccccc1. The Bertz CT molecular complexity index is 1330. The van der Waals surface area contributed by atoms with Gasteiger partial charge in [0, 0.05) is 5.56 Å². The van der Waals surface area contributed by atoms with Gasteiger partial charge in [-0.3, -0.25) is 9.78 Å². The molecule has 0 aliphatic carbocycles. The highest BCUT2D eigenvalue weighted by molar-refractivity contribution is 7.14. The summed E-state index contributed by atoms with van der Waals surface area (Å²) in [5.74, 6) is 0.358. The van der Waals surface area contributed by atoms with Gasteiger partial charge in [-0.25, -0.2) is 4.68 Å². The molecule has 0 bridgehead atoms. The maximum Gasteiger partial charge on any atom is 0.263 e. The van der Waals surface area contributed by atoms with Crippen LogP contribution in [0, 0.1) is 0 Å². The number of fused-ring (bicyclic) bond motifs is 1. The standard InChI is InChI=1S/C20H15N7OS/c28-18-15-11-22-27(14-9-5-2-6-10-14)17(15)23-20(24-18)21-12-16-25-26-19(29-16)13-7-3-1-4-8-13/h1-11H,12H2,(H2,21,23,24,28). The number of hydrogen-bond donors (Lipinski definition) is 2. The number of H-pyrrole nitrogens is 1. The maximum atomic E-state index is 12.4. The first-order valence-electron chi connectivity index (χ1n) is 8.93. The van der Waals surface area contributed by atoms with Gasteiger partial charge in [0.15, 0.2) is 5.65 Å². The van der Waals surface area contributed by atoms with E-state index in [1.54, 1.807) is 4.68 Å². The molecule has 8 nitrogen and oxygen atoms in total. The summed E-state index contributed by atoms with van der Waals surface area (Å²) >= 11 is 1.49. The van der Waals surface area contributed by atoms with Crippen LogP contribution >= 0.6 is 11.3 Å². The second-order valence-corrected chi connectivity index (χ2v) is 7.33. The third-order valence-electron chi connectivity index (χ3n) is 4.33. The van der Waals surface area contributed by atoms with E-state index in [0.717, 1.165) is 21.3 Å². The third kappa shape index (κ3) is 3.39. The van der Waals surface area contributed by atoms with Crippen molar-refractivity contribution in [3.63, 3.8) is 0 Å². The van der Waals surface area contributed by atoms with E-state index in [4.69, 9.17) is 0 Å². The zero-order valence-electron chi connectivity index (χ0n) is 15.1. The first kappa shape index (κ1) is 17.3. The van der Waals surface area contributed by atoms with E-state index in [-0.39, 0.29) is 5.56 Å². The highest BCUT2D eigenvalue weighted by Gasteiger charge is 2.12. The Labute approximate surface area is 168 Å². The summed E-state index contributed by atoms with van der Waals surface area (Å²) in [5.41, 5.74) is 2.10. The quantitative estimate of drug-likeness (QED) is 0.469. The largest absolute Gasteiger partial charge is 0.349 e. The van der Waals surface area contributed by atoms with E-state index in [1.165, 1.54) is 17.5 Å². The van der Waals surface area contributed by atoms with Crippen LogP contribution < -0.4 is 10.9 Å². The van der Waals surface area contributed by atoms with Gasteiger partial charge in [0.25, 0.3) is 5.56 Å². The fraction of sp³-hybridized carbons (Fsp3) is 0.0500. The average Bonchev–Trinajstić information content (AvgIpc) is 3.41. The summed E-state index contributed by atoms with van der Waals surface area (Å²) < 4.78 is 1.65. The molecule has 3 heterocycles. The number of benzene rings is 2. The zero-order valence-corrected chi connectivity index (χ0v) is 15.9. The van der Waals surface area contributed by atoms with Crippen molar-refractivity contribution in [2.75, 3.05) is 5.32 Å². The molecule has 0 aliphatic rings. The monoisotopic (exact) mass is 401 g/mol. The van der Waals surface area contributed by atoms with Gasteiger partial charge in [-0.2, -0.15) is 10.1 Å². The van der Waals surface area contributed by atoms with Gasteiger partial charge in [0.1, 0.15) is 15.4 Å². The van der Waals surface area contributed by atoms with Crippen molar-refractivity contribution in [2.24, 2.45) is 0 Å². The van der Waals surface area contributed by atoms with Crippen molar-refractivity contribution in [1.82, 2.24) is 29.9 Å². The predicted octanol–water partition coefficient (Wildman–Crippen LogP) is 3.24. The Morgan fingerprint density at radius 1 is 1.00 bits per heavy atom. The van der Waals surface area contributed by atoms with E-state index < -0.39 is 0 Å². The highest BCUT2D eigenvalue weighted by Crippen LogP contribution is 2.23. The molecule has 0 saturated heterocycles. The highest BCUT2D eigenvalue weighted by atomic mass is 32.1. The van der Waals surface area contributed by atoms with Crippen molar-refractivity contribution in [3.8, 4) is 16.3 Å². The molecular formula is C20H15N7OS. The molecule has 29 heavy (non-hydrogen) atoms. The number of hydrogen-bond acceptors (Lipinski definition) is 7. The number of nitrogens with zero attached hydrogens (tertiary/aromatic N) is 5. The molecule has 0 atom stereocenters. The van der Waals surface area contributed by atoms with Crippen LogP contribution in [0.4, 0.5) is 5.95 Å². The number of anilines is 1. The molecule has 0 spiro atoms. The Hall–Kier alpha value is -3.85. The first-order valence-corrected chi connectivity index (χ1v) is 9.75. The van der Waals surface area contributed by atoms with Gasteiger partial charge in [0.2, 0.25) is 5.95 Å². The fourth-order valence-electron chi connectivity index (χ4n) is 2.94. The molecule has 0 aliphatic heterocycles. The van der Waals surface area contributed by atoms with Crippen molar-refractivity contribution in [3.05, 3.63) is 82.2 Å². The van der Waals surface area contributed by atoms with Gasteiger partial charge in [-0.05, 0) is 12.1 Å². The summed E-state index contributed by atoms with van der Waals surface area (Å²) in [7, 11) is 0. The smallest absolute Gasteiger partial charge is 0.263 e. The molecule has 2 aromatic carbocycles. The lowest BCUT2D eigenvalue weighted by Crippen LogP contribution is -2.13. The lowest BCUT2D eigenvalue weighted by atomic mass is 10.2. The van der Waals surface area contributed by atoms with Crippen LogP contribution in [0.15, 0.2) is 71.7 Å². The van der Waals surface area contributed by atoms with Crippen LogP contribution in [0.25, 0.3) is 27.3 Å². The molecule has 0 radical (unpaired) electrons. The van der Waals surface area contributed by atoms with Gasteiger partial charge in [-0.15, -0.1) is 10.2 Å². The van der Waals surface area contributed by atoms with Crippen LogP contribution in [0.3, 0.4) is 0 Å². The van der Waals surface area contributed by atoms with E-state index in [9.17, 15) is 4.79 Å². The first-order chi connectivity index (χ1) is 14.3. The molecule has 0 saturated carbocycles. The number of para-hydroxylation sites is 1. The lowest BCUT2D eigenvalue weighted by molar-refractivity contribution is 0.892. The molecule has 5 aromatic rings. The molecule has 0 amide bonds. The number of nitrogens with one attached hydrogen (secondary N) is 2. The van der Waals surface area contributed by atoms with E-state index in [2.05, 4.69) is 30.6 Å². The lowest BCUT2D eigenvalue weighted by Gasteiger charge is -2.05. The molecule has 5 rings (SSSR count).